The molecule has 0 aliphatic carbocycles. The highest BCUT2D eigenvalue weighted by Crippen LogP contribution is 2.65. The molecule has 125 heavy (non-hydrogen) atoms. The Labute approximate surface area is 793 Å². The molecule has 0 radical (unpaired) electrons. The summed E-state index contributed by atoms with van der Waals surface area (Å²) in [5, 5.41) is 40.5. The summed E-state index contributed by atoms with van der Waals surface area (Å²) < 4.78 is 6.22. The summed E-state index contributed by atoms with van der Waals surface area (Å²) in [5.41, 5.74) is 12.2. The molecule has 21 heteroatoms. The Bertz CT molecular complexity index is 4040. The molecule has 0 saturated carbocycles. The van der Waals surface area contributed by atoms with Gasteiger partial charge in [-0.15, -0.1) is 62.3 Å². The maximum Gasteiger partial charge on any atom is 0.107 e. The van der Waals surface area contributed by atoms with Crippen molar-refractivity contribution in [1.82, 2.24) is 60.9 Å². The number of hydrogen-bond acceptors (Lipinski definition) is 15. The van der Waals surface area contributed by atoms with Gasteiger partial charge in [-0.25, -0.2) is 0 Å². The van der Waals surface area contributed by atoms with Crippen LogP contribution >= 0.6 is 68.6 Å². The Kier molecular flexibility index (Phi) is 46.6. The van der Waals surface area contributed by atoms with Crippen LogP contribution in [-0.2, 0) is 57.9 Å². The maximum atomic E-state index is 4.67. The highest BCUT2D eigenvalue weighted by molar-refractivity contribution is 8.76. The van der Waals surface area contributed by atoms with Gasteiger partial charge in [0.2, 0.25) is 0 Å². The molecule has 0 amide bonds. The molecule has 1 atom stereocenters. The second-order valence-electron chi connectivity index (χ2n) is 44.9. The van der Waals surface area contributed by atoms with E-state index in [1.165, 1.54) is 173 Å². The van der Waals surface area contributed by atoms with Crippen LogP contribution in [-0.4, -0.2) is 116 Å². The molecule has 698 valence electrons. The van der Waals surface area contributed by atoms with Gasteiger partial charge in [0.1, 0.15) is 23.5 Å². The van der Waals surface area contributed by atoms with Crippen molar-refractivity contribution >= 4 is 92.2 Å². The topological polar surface area (TPSA) is 128 Å². The van der Waals surface area contributed by atoms with E-state index < -0.39 is 0 Å². The first kappa shape index (κ1) is 110. The van der Waals surface area contributed by atoms with Crippen LogP contribution in [0.4, 0.5) is 0 Å². The molecular weight excluding hydrogens is 1640 g/mol. The summed E-state index contributed by atoms with van der Waals surface area (Å²) in [6.07, 6.45) is 42.6. The van der Waals surface area contributed by atoms with Gasteiger partial charge in [-0.1, -0.05) is 319 Å². The number of nitrogens with one attached hydrogen (secondary N) is 3. The fourth-order valence-corrected chi connectivity index (χ4v) is 25.4. The fraction of sp³-hybridized carbons (Fsp3) is 0.712. The zero-order chi connectivity index (χ0) is 92.1. The predicted octanol–water partition coefficient (Wildman–Crippen LogP) is 26.6. The number of rotatable bonds is 70. The number of unbranched alkanes of at least 4 members (excludes halogenated alkanes) is 2. The number of aryl methyl sites for hydroxylation is 3. The van der Waals surface area contributed by atoms with E-state index in [9.17, 15) is 0 Å². The molecule has 6 rings (SSSR count). The molecule has 0 aliphatic rings. The molecule has 0 bridgehead atoms. The second kappa shape index (κ2) is 53.0. The number of aromatic nitrogens is 9. The Hall–Kier alpha value is -4.01. The molecule has 0 fully saturated rings. The van der Waals surface area contributed by atoms with Gasteiger partial charge in [-0.2, -0.15) is 0 Å². The summed E-state index contributed by atoms with van der Waals surface area (Å²) in [6.45, 7) is 72.7. The molecule has 1 unspecified atom stereocenters. The summed E-state index contributed by atoms with van der Waals surface area (Å²) in [5.74, 6) is 3.08. The van der Waals surface area contributed by atoms with Crippen LogP contribution in [0, 0.1) is 59.6 Å². The van der Waals surface area contributed by atoms with E-state index in [0.717, 1.165) is 139 Å². The van der Waals surface area contributed by atoms with Crippen molar-refractivity contribution in [2.45, 2.75) is 378 Å². The molecule has 3 N–H and O–H groups in total. The van der Waals surface area contributed by atoms with Gasteiger partial charge in [0.25, 0.3) is 0 Å². The molecule has 0 saturated heterocycles. The predicted molar refractivity (Wildman–Crippen MR) is 565 cm³/mol. The number of benzene rings is 3. The van der Waals surface area contributed by atoms with E-state index in [2.05, 4.69) is 341 Å². The zero-order valence-corrected chi connectivity index (χ0v) is 88.9. The average Bonchev–Trinajstić information content (AvgIpc) is 1.18. The number of nitrogens with zero attached hydrogens (tertiary/aromatic N) is 9. The third-order valence-electron chi connectivity index (χ3n) is 27.7. The number of thioether (sulfide) groups is 4. The lowest BCUT2D eigenvalue weighted by molar-refractivity contribution is -0.110. The lowest BCUT2D eigenvalue weighted by Gasteiger charge is -2.60. The van der Waals surface area contributed by atoms with Crippen molar-refractivity contribution in [2.24, 2.45) is 59.6 Å². The fourth-order valence-electron chi connectivity index (χ4n) is 19.7. The highest BCUT2D eigenvalue weighted by Gasteiger charge is 2.56. The van der Waals surface area contributed by atoms with Crippen LogP contribution in [0.15, 0.2) is 143 Å². The van der Waals surface area contributed by atoms with Gasteiger partial charge in [0, 0.05) is 136 Å². The van der Waals surface area contributed by atoms with Gasteiger partial charge >= 0.3 is 0 Å². The first-order valence-corrected chi connectivity index (χ1v) is 55.3. The minimum Gasteiger partial charge on any atom is -0.388 e. The Balaban J connectivity index is 1.07. The van der Waals surface area contributed by atoms with E-state index in [-0.39, 0.29) is 54.1 Å². The quantitative estimate of drug-likeness (QED) is 0.0110. The second-order valence-corrected chi connectivity index (χ2v) is 52.4. The lowest BCUT2D eigenvalue weighted by Crippen LogP contribution is -2.52. The molecule has 6 aromatic rings. The van der Waals surface area contributed by atoms with E-state index in [1.54, 1.807) is 0 Å². The van der Waals surface area contributed by atoms with Crippen molar-refractivity contribution in [3.63, 3.8) is 0 Å². The largest absolute Gasteiger partial charge is 0.388 e. The van der Waals surface area contributed by atoms with Gasteiger partial charge < -0.3 is 16.0 Å². The smallest absolute Gasteiger partial charge is 0.107 e. The van der Waals surface area contributed by atoms with Crippen LogP contribution in [0.1, 0.15) is 340 Å². The Morgan fingerprint density at radius 1 is 0.344 bits per heavy atom. The first-order chi connectivity index (χ1) is 58.8. The van der Waals surface area contributed by atoms with Crippen molar-refractivity contribution in [1.29, 1.82) is 0 Å². The van der Waals surface area contributed by atoms with E-state index in [1.807, 2.05) is 68.6 Å². The summed E-state index contributed by atoms with van der Waals surface area (Å²) in [7, 11) is 10.4. The van der Waals surface area contributed by atoms with Crippen LogP contribution in [0.25, 0.3) is 0 Å². The maximum absolute atomic E-state index is 4.67. The minimum atomic E-state index is 0.0742. The molecule has 0 spiro atoms. The minimum absolute atomic E-state index is 0.0742. The molecule has 3 heterocycles. The molecule has 3 aromatic carbocycles. The van der Waals surface area contributed by atoms with Crippen LogP contribution in [0.5, 0.6) is 0 Å². The van der Waals surface area contributed by atoms with E-state index >= 15 is 0 Å². The monoisotopic (exact) mass is 1820 g/mol. The van der Waals surface area contributed by atoms with Gasteiger partial charge in [-0.05, 0) is 212 Å². The highest BCUT2D eigenvalue weighted by atomic mass is 33.1. The Morgan fingerprint density at radius 3 is 0.984 bits per heavy atom. The van der Waals surface area contributed by atoms with Crippen molar-refractivity contribution in [2.75, 3.05) is 47.1 Å². The van der Waals surface area contributed by atoms with Gasteiger partial charge in [0.15, 0.2) is 0 Å². The normalized spacial score (nSPS) is 13.5. The first-order valence-electron chi connectivity index (χ1n) is 48.7. The van der Waals surface area contributed by atoms with Crippen LogP contribution < -0.4 is 16.0 Å². The number of hydrogen-bond donors (Lipinski definition) is 3. The summed E-state index contributed by atoms with van der Waals surface area (Å²) in [6, 6.07) is 26.9. The van der Waals surface area contributed by atoms with Crippen molar-refractivity contribution < 1.29 is 0 Å². The summed E-state index contributed by atoms with van der Waals surface area (Å²) >= 11 is 7.77. The molecule has 12 nitrogen and oxygen atoms in total. The average molecular weight is 1820 g/mol. The Morgan fingerprint density at radius 2 is 0.632 bits per heavy atom. The lowest BCUT2D eigenvalue weighted by atomic mass is 9.44. The van der Waals surface area contributed by atoms with Crippen LogP contribution in [0.3, 0.4) is 0 Å². The molecule has 3 aromatic heterocycles. The summed E-state index contributed by atoms with van der Waals surface area (Å²) in [4.78, 5) is 3.99. The van der Waals surface area contributed by atoms with Crippen molar-refractivity contribution in [3.05, 3.63) is 162 Å². The third-order valence-corrected chi connectivity index (χ3v) is 34.6. The number of allylic oxidation sites excluding steroid dienone is 3. The van der Waals surface area contributed by atoms with Gasteiger partial charge in [-0.3, -0.25) is 14.0 Å². The molecule has 0 aliphatic heterocycles. The zero-order valence-electron chi connectivity index (χ0n) is 84.0. The van der Waals surface area contributed by atoms with E-state index in [4.69, 9.17) is 0 Å². The van der Waals surface area contributed by atoms with Crippen LogP contribution in [0.2, 0.25) is 0 Å². The standard InChI is InChI=1S/C104H177B3N12S6/c1-25-44-94(5,6)45-26-28-51-104(103(23,24)79-101(19,20)56-55-99(15,16)59-65-119-77-89(112-116-119)70-83(3)109-61-67-121-81-123-92-40-34-86(73-106)35-41-92,102(21,22)78-100(17,18)50-31-49-98(13,14)58-64-118-75-88(111-114-118)69-82(2)108-60-66-120-80-122-91-38-32-85(72-105)33-39-91)52-29-27-46-95(7,8)53-54-96(9,10)47-30-48-97(11,12)57-63-117-76-90(113-115-117)71-84(4)110-62-68-124-125-93-42-36-87(74-107)37-43-93/h32-43,75-77,108-110H,2-4,25-31,44-74,78-81,105-107H2,1,5-24H3. The van der Waals surface area contributed by atoms with Crippen molar-refractivity contribution in [3.8, 4) is 0 Å². The van der Waals surface area contributed by atoms with Gasteiger partial charge in [0.05, 0.1) is 17.1 Å². The molecular formula is C104H177B3N12S6. The van der Waals surface area contributed by atoms with E-state index in [0.29, 0.717) is 24.7 Å². The third kappa shape index (κ3) is 43.1. The SMILES string of the molecule is BCc1ccc(SCSCCNC(=C)Cc2cn(CCC(C)(C)CCCC(C)(C)CC(C)(C)C(CCCCC(C)(C)CCC)(CCCCC(C)(C)CCC(C)(C)CCCC(C)(C)CCn3cc(CC(=C)NCCSSc4ccc(CB)cc4)nn3)C(C)(C)CC(C)(C)CCC(C)(C)CCn3cc(CC(=C)NCCSCSc4ccc(CB)cc4)nn3)nn2)cc1.